The van der Waals surface area contributed by atoms with Crippen LogP contribution in [-0.2, 0) is 21.2 Å². The molecule has 0 N–H and O–H groups in total. The third kappa shape index (κ3) is 4.28. The predicted octanol–water partition coefficient (Wildman–Crippen LogP) is 4.06. The van der Waals surface area contributed by atoms with E-state index in [1.807, 2.05) is 0 Å². The number of hydrogen-bond donors (Lipinski definition) is 0. The Bertz CT molecular complexity index is 1280. The molecule has 1 aromatic heterocycles. The molecule has 1 saturated carbocycles. The Balaban J connectivity index is 1.64. The maximum Gasteiger partial charge on any atom is 0.448 e. The maximum absolute atomic E-state index is 13.5. The van der Waals surface area contributed by atoms with Crippen LogP contribution in [0.15, 0.2) is 46.0 Å². The summed E-state index contributed by atoms with van der Waals surface area (Å²) in [4.78, 5) is 14.3. The van der Waals surface area contributed by atoms with E-state index in [1.165, 1.54) is 4.90 Å². The molecule has 2 aliphatic rings. The molecule has 7 nitrogen and oxygen atoms in total. The van der Waals surface area contributed by atoms with E-state index in [9.17, 15) is 35.2 Å². The van der Waals surface area contributed by atoms with Gasteiger partial charge in [0.1, 0.15) is 5.75 Å². The van der Waals surface area contributed by atoms with Crippen molar-refractivity contribution in [3.05, 3.63) is 53.6 Å². The van der Waals surface area contributed by atoms with Crippen LogP contribution in [0.4, 0.5) is 22.0 Å². The molecule has 0 spiro atoms. The molecule has 1 saturated heterocycles. The second-order valence-electron chi connectivity index (χ2n) is 8.66. The molecular formula is C21H19F5N2O5S. The highest BCUT2D eigenvalue weighted by Crippen LogP contribution is 2.59. The summed E-state index contributed by atoms with van der Waals surface area (Å²) in [5.41, 5.74) is -0.852. The normalized spacial score (nSPS) is 22.4. The van der Waals surface area contributed by atoms with Crippen molar-refractivity contribution in [2.75, 3.05) is 19.3 Å². The van der Waals surface area contributed by atoms with E-state index in [2.05, 4.69) is 11.7 Å². The summed E-state index contributed by atoms with van der Waals surface area (Å²) >= 11 is 0. The number of aromatic nitrogens is 1. The molecule has 13 heteroatoms. The Labute approximate surface area is 191 Å². The first-order chi connectivity index (χ1) is 15.5. The van der Waals surface area contributed by atoms with Crippen LogP contribution in [0.3, 0.4) is 0 Å². The fourth-order valence-electron chi connectivity index (χ4n) is 4.11. The number of carbonyl (C=O) groups excluding carboxylic acids is 1. The van der Waals surface area contributed by atoms with Crippen LogP contribution in [-0.4, -0.2) is 49.9 Å². The zero-order chi connectivity index (χ0) is 25.3. The first kappa shape index (κ1) is 24.2. The Hall–Kier alpha value is -2.96. The monoisotopic (exact) mass is 506 g/mol. The van der Waals surface area contributed by atoms with Crippen LogP contribution in [0.25, 0.3) is 0 Å². The van der Waals surface area contributed by atoms with Gasteiger partial charge in [-0.05, 0) is 30.5 Å². The summed E-state index contributed by atoms with van der Waals surface area (Å²) in [6.07, 6.45) is -3.45. The fourth-order valence-corrected chi connectivity index (χ4v) is 4.75. The van der Waals surface area contributed by atoms with E-state index in [4.69, 9.17) is 9.26 Å². The van der Waals surface area contributed by atoms with Crippen LogP contribution in [0.5, 0.6) is 5.75 Å². The Morgan fingerprint density at radius 1 is 1.26 bits per heavy atom. The molecule has 2 unspecified atom stereocenters. The molecule has 1 aromatic carbocycles. The number of hydrogen-bond acceptors (Lipinski definition) is 6. The average Bonchev–Trinajstić information content (AvgIpc) is 3.07. The van der Waals surface area contributed by atoms with Gasteiger partial charge in [-0.15, -0.1) is 0 Å². The van der Waals surface area contributed by atoms with Crippen LogP contribution < -0.4 is 4.74 Å². The molecule has 184 valence electrons. The minimum Gasteiger partial charge on any atom is -0.452 e. The minimum absolute atomic E-state index is 0.0422. The molecule has 1 aliphatic carbocycles. The van der Waals surface area contributed by atoms with Gasteiger partial charge in [0.25, 0.3) is 5.91 Å². The van der Waals surface area contributed by atoms with Gasteiger partial charge in [0.15, 0.2) is 9.84 Å². The molecule has 4 rings (SSSR count). The van der Waals surface area contributed by atoms with E-state index < -0.39 is 56.1 Å². The van der Waals surface area contributed by atoms with Gasteiger partial charge in [-0.2, -0.15) is 22.0 Å². The number of carbonyl (C=O) groups is 1. The molecule has 2 heterocycles. The minimum atomic E-state index is -4.90. The number of alkyl halides is 5. The standard InChI is InChI=1S/C21H19F5N2O5S/c1-11(21(24,25)26)32-15-5-4-13(34(3,30)31)6-14(15)18(29)28-9-12-8-20(12,10-28)16-7-17(33-27-16)19(2,22)23/h4-7,12H,1,8-10H2,2-3H3. The second-order valence-corrected chi connectivity index (χ2v) is 10.7. The molecule has 2 fully saturated rings. The van der Waals surface area contributed by atoms with Gasteiger partial charge in [-0.25, -0.2) is 8.42 Å². The molecule has 0 radical (unpaired) electrons. The number of fused-ring (bicyclic) bond motifs is 1. The lowest BCUT2D eigenvalue weighted by Gasteiger charge is -2.22. The summed E-state index contributed by atoms with van der Waals surface area (Å²) in [6, 6.07) is 4.06. The van der Waals surface area contributed by atoms with Gasteiger partial charge in [-0.3, -0.25) is 4.79 Å². The lowest BCUT2D eigenvalue weighted by Crippen LogP contribution is -2.33. The number of ether oxygens (including phenoxy) is 1. The summed E-state index contributed by atoms with van der Waals surface area (Å²) in [5, 5.41) is 3.74. The molecule has 2 aromatic rings. The molecule has 1 amide bonds. The van der Waals surface area contributed by atoms with Crippen molar-refractivity contribution >= 4 is 15.7 Å². The van der Waals surface area contributed by atoms with Crippen molar-refractivity contribution in [2.24, 2.45) is 5.92 Å². The number of nitrogens with zero attached hydrogens (tertiary/aromatic N) is 2. The zero-order valence-electron chi connectivity index (χ0n) is 17.9. The van der Waals surface area contributed by atoms with E-state index in [0.717, 1.165) is 30.5 Å². The Morgan fingerprint density at radius 2 is 1.94 bits per heavy atom. The van der Waals surface area contributed by atoms with E-state index in [-0.39, 0.29) is 29.6 Å². The molecular weight excluding hydrogens is 487 g/mol. The van der Waals surface area contributed by atoms with E-state index >= 15 is 0 Å². The number of halogens is 5. The van der Waals surface area contributed by atoms with E-state index in [1.54, 1.807) is 0 Å². The zero-order valence-corrected chi connectivity index (χ0v) is 18.8. The third-order valence-corrected chi connectivity index (χ3v) is 7.16. The maximum atomic E-state index is 13.5. The summed E-state index contributed by atoms with van der Waals surface area (Å²) in [6.45, 7) is 3.69. The summed E-state index contributed by atoms with van der Waals surface area (Å²) < 4.78 is 99.3. The van der Waals surface area contributed by atoms with Crippen LogP contribution in [0.2, 0.25) is 0 Å². The lowest BCUT2D eigenvalue weighted by atomic mass is 10.0. The predicted molar refractivity (Wildman–Crippen MR) is 107 cm³/mol. The highest BCUT2D eigenvalue weighted by Gasteiger charge is 2.63. The second kappa shape index (κ2) is 7.52. The summed E-state index contributed by atoms with van der Waals surface area (Å²) in [7, 11) is -3.79. The number of amides is 1. The average molecular weight is 506 g/mol. The summed E-state index contributed by atoms with van der Waals surface area (Å²) in [5.74, 6) is -6.83. The quantitative estimate of drug-likeness (QED) is 0.434. The van der Waals surface area contributed by atoms with Gasteiger partial charge in [0.2, 0.25) is 11.5 Å². The third-order valence-electron chi connectivity index (χ3n) is 6.04. The highest BCUT2D eigenvalue weighted by atomic mass is 32.2. The lowest BCUT2D eigenvalue weighted by molar-refractivity contribution is -0.115. The van der Waals surface area contributed by atoms with Crippen LogP contribution in [0.1, 0.15) is 35.2 Å². The molecule has 34 heavy (non-hydrogen) atoms. The van der Waals surface area contributed by atoms with Crippen LogP contribution in [0, 0.1) is 5.92 Å². The van der Waals surface area contributed by atoms with Crippen molar-refractivity contribution in [2.45, 2.75) is 35.8 Å². The number of sulfone groups is 1. The number of likely N-dealkylation sites (tertiary alicyclic amines) is 1. The smallest absolute Gasteiger partial charge is 0.448 e. The number of allylic oxidation sites excluding steroid dienone is 1. The SMILES string of the molecule is C=C(Oc1ccc(S(C)(=O)=O)cc1C(=O)N1CC2CC2(c2cc(C(C)(F)F)on2)C1)C(F)(F)F. The van der Waals surface area contributed by atoms with Crippen molar-refractivity contribution < 1.29 is 44.4 Å². The first-order valence-electron chi connectivity index (χ1n) is 9.95. The fraction of sp³-hybridized carbons (Fsp3) is 0.429. The van der Waals surface area contributed by atoms with Gasteiger partial charge < -0.3 is 14.2 Å². The van der Waals surface area contributed by atoms with Crippen molar-refractivity contribution in [1.82, 2.24) is 10.1 Å². The van der Waals surface area contributed by atoms with Crippen molar-refractivity contribution in [3.63, 3.8) is 0 Å². The van der Waals surface area contributed by atoms with Crippen molar-refractivity contribution in [3.8, 4) is 5.75 Å². The van der Waals surface area contributed by atoms with E-state index in [0.29, 0.717) is 13.3 Å². The number of rotatable bonds is 6. The van der Waals surface area contributed by atoms with Crippen LogP contribution >= 0.6 is 0 Å². The number of benzene rings is 1. The van der Waals surface area contributed by atoms with Gasteiger partial charge in [0, 0.05) is 37.8 Å². The number of piperidine rings is 1. The Morgan fingerprint density at radius 3 is 2.50 bits per heavy atom. The largest absolute Gasteiger partial charge is 0.452 e. The molecule has 0 bridgehead atoms. The van der Waals surface area contributed by atoms with Gasteiger partial charge >= 0.3 is 12.1 Å². The molecule has 2 atom stereocenters. The molecule has 1 aliphatic heterocycles. The topological polar surface area (TPSA) is 89.7 Å². The van der Waals surface area contributed by atoms with Gasteiger partial charge in [0.05, 0.1) is 16.2 Å². The highest BCUT2D eigenvalue weighted by molar-refractivity contribution is 7.90. The Kier molecular flexibility index (Phi) is 5.35. The van der Waals surface area contributed by atoms with Gasteiger partial charge in [-0.1, -0.05) is 11.7 Å². The first-order valence-corrected chi connectivity index (χ1v) is 11.8. The van der Waals surface area contributed by atoms with Crippen molar-refractivity contribution in [1.29, 1.82) is 0 Å².